The van der Waals surface area contributed by atoms with Crippen molar-refractivity contribution in [3.8, 4) is 0 Å². The van der Waals surface area contributed by atoms with E-state index in [0.717, 1.165) is 18.4 Å². The van der Waals surface area contributed by atoms with Crippen LogP contribution in [0.1, 0.15) is 30.9 Å². The van der Waals surface area contributed by atoms with Crippen molar-refractivity contribution in [2.24, 2.45) is 0 Å². The van der Waals surface area contributed by atoms with Crippen LogP contribution in [0.2, 0.25) is 0 Å². The number of nitrogens with zero attached hydrogens (tertiary/aromatic N) is 2. The Morgan fingerprint density at radius 3 is 2.95 bits per heavy atom. The second kappa shape index (κ2) is 5.66. The van der Waals surface area contributed by atoms with Gasteiger partial charge in [-0.05, 0) is 24.5 Å². The number of pyridine rings is 1. The van der Waals surface area contributed by atoms with E-state index in [0.29, 0.717) is 6.54 Å². The molecule has 2 heterocycles. The summed E-state index contributed by atoms with van der Waals surface area (Å²) in [5, 5.41) is 8.61. The molecule has 0 bridgehead atoms. The van der Waals surface area contributed by atoms with Crippen molar-refractivity contribution in [1.82, 2.24) is 9.29 Å². The number of aromatic nitrogens is 1. The van der Waals surface area contributed by atoms with Gasteiger partial charge in [-0.1, -0.05) is 6.07 Å². The van der Waals surface area contributed by atoms with Crippen LogP contribution in [0, 0.1) is 0 Å². The van der Waals surface area contributed by atoms with E-state index in [1.54, 1.807) is 18.5 Å². The molecule has 1 aliphatic rings. The minimum atomic E-state index is -3.53. The van der Waals surface area contributed by atoms with Gasteiger partial charge in [0.2, 0.25) is 10.0 Å². The van der Waals surface area contributed by atoms with Gasteiger partial charge >= 0.3 is 5.97 Å². The topological polar surface area (TPSA) is 87.6 Å². The minimum Gasteiger partial charge on any atom is -0.481 e. The standard InChI is InChI=1S/C12H16N2O4S/c15-12(16)5-8-19(17,18)14-7-2-4-11(14)10-3-1-6-13-9-10/h1,3,6,9,11H,2,4-5,7-8H2,(H,15,16). The lowest BCUT2D eigenvalue weighted by Gasteiger charge is -2.23. The monoisotopic (exact) mass is 284 g/mol. The molecule has 0 aliphatic carbocycles. The van der Waals surface area contributed by atoms with E-state index in [2.05, 4.69) is 4.98 Å². The summed E-state index contributed by atoms with van der Waals surface area (Å²) in [6, 6.07) is 3.41. The van der Waals surface area contributed by atoms with Crippen LogP contribution in [0.5, 0.6) is 0 Å². The first-order valence-electron chi connectivity index (χ1n) is 6.12. The highest BCUT2D eigenvalue weighted by Crippen LogP contribution is 2.33. The molecule has 0 saturated carbocycles. The summed E-state index contributed by atoms with van der Waals surface area (Å²) in [4.78, 5) is 14.5. The summed E-state index contributed by atoms with van der Waals surface area (Å²) in [5.41, 5.74) is 0.860. The molecule has 6 nitrogen and oxygen atoms in total. The average molecular weight is 284 g/mol. The van der Waals surface area contributed by atoms with Crippen molar-refractivity contribution in [3.05, 3.63) is 30.1 Å². The van der Waals surface area contributed by atoms with Crippen molar-refractivity contribution in [1.29, 1.82) is 0 Å². The molecular formula is C12H16N2O4S. The second-order valence-corrected chi connectivity index (χ2v) is 6.56. The first-order chi connectivity index (χ1) is 9.00. The lowest BCUT2D eigenvalue weighted by Crippen LogP contribution is -2.33. The smallest absolute Gasteiger partial charge is 0.304 e. The number of rotatable bonds is 5. The molecule has 1 N–H and O–H groups in total. The van der Waals surface area contributed by atoms with E-state index in [-0.39, 0.29) is 18.2 Å². The van der Waals surface area contributed by atoms with Crippen LogP contribution in [-0.4, -0.2) is 41.1 Å². The van der Waals surface area contributed by atoms with Crippen LogP contribution >= 0.6 is 0 Å². The van der Waals surface area contributed by atoms with Gasteiger partial charge in [-0.3, -0.25) is 9.78 Å². The van der Waals surface area contributed by atoms with Gasteiger partial charge in [0.25, 0.3) is 0 Å². The zero-order valence-corrected chi connectivity index (χ0v) is 11.2. The van der Waals surface area contributed by atoms with E-state index < -0.39 is 16.0 Å². The largest absolute Gasteiger partial charge is 0.481 e. The van der Waals surface area contributed by atoms with Crippen LogP contribution in [-0.2, 0) is 14.8 Å². The fraction of sp³-hybridized carbons (Fsp3) is 0.500. The highest BCUT2D eigenvalue weighted by Gasteiger charge is 2.35. The van der Waals surface area contributed by atoms with Crippen molar-refractivity contribution < 1.29 is 18.3 Å². The van der Waals surface area contributed by atoms with Gasteiger partial charge in [-0.2, -0.15) is 4.31 Å². The summed E-state index contributed by atoms with van der Waals surface area (Å²) < 4.78 is 25.7. The predicted molar refractivity (Wildman–Crippen MR) is 69.0 cm³/mol. The Balaban J connectivity index is 2.17. The SMILES string of the molecule is O=C(O)CCS(=O)(=O)N1CCCC1c1cccnc1. The molecule has 1 saturated heterocycles. The molecule has 2 rings (SSSR count). The van der Waals surface area contributed by atoms with Gasteiger partial charge in [-0.25, -0.2) is 8.42 Å². The lowest BCUT2D eigenvalue weighted by atomic mass is 10.1. The van der Waals surface area contributed by atoms with Crippen LogP contribution in [0.3, 0.4) is 0 Å². The molecule has 1 aromatic rings. The number of aliphatic carboxylic acids is 1. The number of hydrogen-bond donors (Lipinski definition) is 1. The first-order valence-corrected chi connectivity index (χ1v) is 7.73. The van der Waals surface area contributed by atoms with Crippen molar-refractivity contribution in [3.63, 3.8) is 0 Å². The van der Waals surface area contributed by atoms with Gasteiger partial charge in [-0.15, -0.1) is 0 Å². The maximum atomic E-state index is 12.2. The molecule has 104 valence electrons. The molecule has 0 amide bonds. The quantitative estimate of drug-likeness (QED) is 0.872. The molecule has 1 aliphatic heterocycles. The molecule has 1 unspecified atom stereocenters. The third-order valence-electron chi connectivity index (χ3n) is 3.20. The van der Waals surface area contributed by atoms with E-state index in [1.807, 2.05) is 6.07 Å². The summed E-state index contributed by atoms with van der Waals surface area (Å²) in [7, 11) is -3.53. The number of carboxylic acids is 1. The van der Waals surface area contributed by atoms with Crippen molar-refractivity contribution >= 4 is 16.0 Å². The summed E-state index contributed by atoms with van der Waals surface area (Å²) in [6.45, 7) is 0.446. The Hall–Kier alpha value is -1.47. The van der Waals surface area contributed by atoms with Crippen LogP contribution < -0.4 is 0 Å². The molecule has 0 spiro atoms. The van der Waals surface area contributed by atoms with Crippen LogP contribution in [0.4, 0.5) is 0 Å². The molecule has 0 radical (unpaired) electrons. The summed E-state index contributed by atoms with van der Waals surface area (Å²) in [5.74, 6) is -1.44. The highest BCUT2D eigenvalue weighted by atomic mass is 32.2. The average Bonchev–Trinajstić information content (AvgIpc) is 2.87. The summed E-state index contributed by atoms with van der Waals surface area (Å²) >= 11 is 0. The van der Waals surface area contributed by atoms with E-state index in [1.165, 1.54) is 4.31 Å². The normalized spacial score (nSPS) is 20.5. The Kier molecular flexibility index (Phi) is 4.16. The number of hydrogen-bond acceptors (Lipinski definition) is 4. The van der Waals surface area contributed by atoms with Crippen molar-refractivity contribution in [2.45, 2.75) is 25.3 Å². The van der Waals surface area contributed by atoms with Gasteiger partial charge in [0.1, 0.15) is 0 Å². The number of carboxylic acid groups (broad SMARTS) is 1. The predicted octanol–water partition coefficient (Wildman–Crippen LogP) is 1.02. The van der Waals surface area contributed by atoms with Gasteiger partial charge in [0.15, 0.2) is 0 Å². The van der Waals surface area contributed by atoms with E-state index in [9.17, 15) is 13.2 Å². The molecule has 19 heavy (non-hydrogen) atoms. The summed E-state index contributed by atoms with van der Waals surface area (Å²) in [6.07, 6.45) is 4.47. The highest BCUT2D eigenvalue weighted by molar-refractivity contribution is 7.89. The first kappa shape index (κ1) is 14.0. The minimum absolute atomic E-state index is 0.215. The number of carbonyl (C=O) groups is 1. The van der Waals surface area contributed by atoms with Gasteiger partial charge in [0, 0.05) is 18.9 Å². The van der Waals surface area contributed by atoms with Crippen molar-refractivity contribution in [2.75, 3.05) is 12.3 Å². The van der Waals surface area contributed by atoms with E-state index in [4.69, 9.17) is 5.11 Å². The third-order valence-corrected chi connectivity index (χ3v) is 5.08. The molecule has 1 fully saturated rings. The molecule has 1 atom stereocenters. The molecule has 7 heteroatoms. The Labute approximate surface area is 112 Å². The fourth-order valence-corrected chi connectivity index (χ4v) is 4.00. The maximum absolute atomic E-state index is 12.2. The Morgan fingerprint density at radius 2 is 2.32 bits per heavy atom. The Bertz CT molecular complexity index is 544. The maximum Gasteiger partial charge on any atom is 0.304 e. The van der Waals surface area contributed by atoms with Crippen LogP contribution in [0.25, 0.3) is 0 Å². The molecular weight excluding hydrogens is 268 g/mol. The van der Waals surface area contributed by atoms with E-state index >= 15 is 0 Å². The third kappa shape index (κ3) is 3.30. The molecule has 1 aromatic heterocycles. The lowest BCUT2D eigenvalue weighted by molar-refractivity contribution is -0.136. The zero-order valence-electron chi connectivity index (χ0n) is 10.4. The van der Waals surface area contributed by atoms with Gasteiger partial charge < -0.3 is 5.11 Å². The molecule has 0 aromatic carbocycles. The number of sulfonamides is 1. The van der Waals surface area contributed by atoms with Crippen LogP contribution in [0.15, 0.2) is 24.5 Å². The zero-order chi connectivity index (χ0) is 13.9. The fourth-order valence-electron chi connectivity index (χ4n) is 2.31. The second-order valence-electron chi connectivity index (χ2n) is 4.51. The van der Waals surface area contributed by atoms with Gasteiger partial charge in [0.05, 0.1) is 18.2 Å². The Morgan fingerprint density at radius 1 is 1.53 bits per heavy atom.